The van der Waals surface area contributed by atoms with Crippen LogP contribution in [-0.4, -0.2) is 26.0 Å². The zero-order valence-electron chi connectivity index (χ0n) is 14.8. The molecular formula is C19H31ClN2O. The Morgan fingerprint density at radius 1 is 1.17 bits per heavy atom. The largest absolute Gasteiger partial charge is 0.317 e. The molecule has 0 spiro atoms. The van der Waals surface area contributed by atoms with Crippen molar-refractivity contribution in [1.82, 2.24) is 5.32 Å². The highest BCUT2D eigenvalue weighted by atomic mass is 35.5. The topological polar surface area (TPSA) is 32.3 Å². The zero-order valence-corrected chi connectivity index (χ0v) is 15.7. The Balaban J connectivity index is 0.00000264. The third-order valence-electron chi connectivity index (χ3n) is 5.01. The van der Waals surface area contributed by atoms with Crippen molar-refractivity contribution in [1.29, 1.82) is 0 Å². The fraction of sp³-hybridized carbons (Fsp3) is 0.632. The molecule has 2 rings (SSSR count). The maximum atomic E-state index is 12.5. The molecular weight excluding hydrogens is 308 g/mol. The van der Waals surface area contributed by atoms with Crippen molar-refractivity contribution in [3.63, 3.8) is 0 Å². The Morgan fingerprint density at radius 2 is 1.74 bits per heavy atom. The monoisotopic (exact) mass is 338 g/mol. The van der Waals surface area contributed by atoms with Gasteiger partial charge >= 0.3 is 0 Å². The van der Waals surface area contributed by atoms with Crippen LogP contribution in [0, 0.1) is 11.8 Å². The van der Waals surface area contributed by atoms with E-state index in [4.69, 9.17) is 0 Å². The quantitative estimate of drug-likeness (QED) is 0.871. The number of carbonyl (C=O) groups is 1. The first kappa shape index (κ1) is 20.0. The van der Waals surface area contributed by atoms with E-state index in [0.29, 0.717) is 24.2 Å². The summed E-state index contributed by atoms with van der Waals surface area (Å²) in [7, 11) is 1.89. The molecule has 0 aliphatic carbocycles. The van der Waals surface area contributed by atoms with Crippen LogP contribution >= 0.6 is 12.4 Å². The molecule has 1 aromatic carbocycles. The predicted octanol–water partition coefficient (Wildman–Crippen LogP) is 4.22. The summed E-state index contributed by atoms with van der Waals surface area (Å²) in [6.07, 6.45) is 3.04. The number of amides is 1. The van der Waals surface area contributed by atoms with Crippen LogP contribution in [0.15, 0.2) is 24.3 Å². The van der Waals surface area contributed by atoms with Crippen LogP contribution < -0.4 is 10.2 Å². The van der Waals surface area contributed by atoms with Crippen LogP contribution in [0.3, 0.4) is 0 Å². The Kier molecular flexibility index (Phi) is 8.07. The van der Waals surface area contributed by atoms with Crippen LogP contribution in [0.4, 0.5) is 5.69 Å². The van der Waals surface area contributed by atoms with E-state index in [2.05, 4.69) is 50.4 Å². The third kappa shape index (κ3) is 5.50. The van der Waals surface area contributed by atoms with Crippen molar-refractivity contribution >= 4 is 24.0 Å². The summed E-state index contributed by atoms with van der Waals surface area (Å²) in [5, 5.41) is 3.39. The van der Waals surface area contributed by atoms with Gasteiger partial charge in [-0.2, -0.15) is 0 Å². The van der Waals surface area contributed by atoms with E-state index < -0.39 is 0 Å². The number of carbonyl (C=O) groups excluding carboxylic acids is 1. The highest BCUT2D eigenvalue weighted by Crippen LogP contribution is 2.26. The number of nitrogens with one attached hydrogen (secondary N) is 1. The van der Waals surface area contributed by atoms with E-state index in [-0.39, 0.29) is 18.3 Å². The van der Waals surface area contributed by atoms with Crippen LogP contribution in [0.5, 0.6) is 0 Å². The van der Waals surface area contributed by atoms with Crippen LogP contribution in [-0.2, 0) is 4.79 Å². The van der Waals surface area contributed by atoms with Crippen molar-refractivity contribution in [3.8, 4) is 0 Å². The summed E-state index contributed by atoms with van der Waals surface area (Å²) in [6.45, 7) is 8.78. The molecule has 0 saturated carbocycles. The minimum Gasteiger partial charge on any atom is -0.317 e. The van der Waals surface area contributed by atoms with Crippen LogP contribution in [0.1, 0.15) is 51.5 Å². The molecule has 3 nitrogen and oxygen atoms in total. The van der Waals surface area contributed by atoms with Gasteiger partial charge < -0.3 is 10.2 Å². The highest BCUT2D eigenvalue weighted by molar-refractivity contribution is 5.92. The molecule has 1 amide bonds. The van der Waals surface area contributed by atoms with E-state index in [1.165, 1.54) is 18.4 Å². The average molecular weight is 339 g/mol. The van der Waals surface area contributed by atoms with E-state index in [0.717, 1.165) is 18.8 Å². The van der Waals surface area contributed by atoms with Gasteiger partial charge in [0.1, 0.15) is 0 Å². The lowest BCUT2D eigenvalue weighted by Gasteiger charge is -2.29. The second-order valence-electron chi connectivity index (χ2n) is 6.97. The van der Waals surface area contributed by atoms with Gasteiger partial charge in [-0.25, -0.2) is 0 Å². The number of hydrogen-bond acceptors (Lipinski definition) is 2. The van der Waals surface area contributed by atoms with Gasteiger partial charge in [-0.1, -0.05) is 32.9 Å². The Hall–Kier alpha value is -1.06. The molecule has 1 aromatic rings. The van der Waals surface area contributed by atoms with E-state index >= 15 is 0 Å². The first-order chi connectivity index (χ1) is 10.5. The molecule has 0 radical (unpaired) electrons. The minimum atomic E-state index is 0. The molecule has 1 aliphatic heterocycles. The van der Waals surface area contributed by atoms with Gasteiger partial charge in [-0.05, 0) is 61.4 Å². The molecule has 1 saturated heterocycles. The summed E-state index contributed by atoms with van der Waals surface area (Å²) in [6, 6.07) is 8.37. The summed E-state index contributed by atoms with van der Waals surface area (Å²) in [4.78, 5) is 14.3. The van der Waals surface area contributed by atoms with Crippen LogP contribution in [0.2, 0.25) is 0 Å². The number of nitrogens with zero attached hydrogens (tertiary/aromatic N) is 1. The summed E-state index contributed by atoms with van der Waals surface area (Å²) in [5.41, 5.74) is 2.31. The summed E-state index contributed by atoms with van der Waals surface area (Å²) < 4.78 is 0. The maximum Gasteiger partial charge on any atom is 0.226 e. The van der Waals surface area contributed by atoms with Gasteiger partial charge in [0.15, 0.2) is 0 Å². The molecule has 1 unspecified atom stereocenters. The lowest BCUT2D eigenvalue weighted by Crippen LogP contribution is -2.34. The van der Waals surface area contributed by atoms with Gasteiger partial charge in [0.2, 0.25) is 5.91 Å². The molecule has 1 N–H and O–H groups in total. The number of piperidine rings is 1. The smallest absolute Gasteiger partial charge is 0.226 e. The first-order valence-corrected chi connectivity index (χ1v) is 8.56. The van der Waals surface area contributed by atoms with Crippen molar-refractivity contribution in [3.05, 3.63) is 29.8 Å². The van der Waals surface area contributed by atoms with Crippen LogP contribution in [0.25, 0.3) is 0 Å². The molecule has 4 heteroatoms. The van der Waals surface area contributed by atoms with Gasteiger partial charge in [-0.3, -0.25) is 4.79 Å². The standard InChI is InChI=1S/C19H30N2O.ClH/c1-14(2)16-5-7-18(8-6-16)21(4)19(22)13-15(3)17-9-11-20-12-10-17;/h5-8,14-15,17,20H,9-13H2,1-4H3;1H. The fourth-order valence-electron chi connectivity index (χ4n) is 3.22. The zero-order chi connectivity index (χ0) is 16.1. The highest BCUT2D eigenvalue weighted by Gasteiger charge is 2.23. The Morgan fingerprint density at radius 3 is 2.26 bits per heavy atom. The van der Waals surface area contributed by atoms with Gasteiger partial charge in [0.25, 0.3) is 0 Å². The van der Waals surface area contributed by atoms with Gasteiger partial charge in [-0.15, -0.1) is 12.4 Å². The van der Waals surface area contributed by atoms with Gasteiger partial charge in [0, 0.05) is 19.2 Å². The molecule has 130 valence electrons. The van der Waals surface area contributed by atoms with Crippen molar-refractivity contribution in [2.24, 2.45) is 11.8 Å². The second kappa shape index (κ2) is 9.29. The predicted molar refractivity (Wildman–Crippen MR) is 101 cm³/mol. The molecule has 23 heavy (non-hydrogen) atoms. The second-order valence-corrected chi connectivity index (χ2v) is 6.97. The number of hydrogen-bond donors (Lipinski definition) is 1. The summed E-state index contributed by atoms with van der Waals surface area (Å²) >= 11 is 0. The molecule has 1 fully saturated rings. The first-order valence-electron chi connectivity index (χ1n) is 8.56. The number of rotatable bonds is 5. The summed E-state index contributed by atoms with van der Waals surface area (Å²) in [5.74, 6) is 1.90. The number of anilines is 1. The molecule has 0 aromatic heterocycles. The van der Waals surface area contributed by atoms with E-state index in [1.54, 1.807) is 0 Å². The van der Waals surface area contributed by atoms with Gasteiger partial charge in [0.05, 0.1) is 0 Å². The Bertz CT molecular complexity index is 481. The third-order valence-corrected chi connectivity index (χ3v) is 5.01. The van der Waals surface area contributed by atoms with Crippen molar-refractivity contribution in [2.75, 3.05) is 25.0 Å². The number of benzene rings is 1. The SMILES string of the molecule is CC(C)c1ccc(N(C)C(=O)CC(C)C2CCNCC2)cc1.Cl. The maximum absolute atomic E-state index is 12.5. The lowest BCUT2D eigenvalue weighted by atomic mass is 9.84. The normalized spacial score (nSPS) is 16.7. The molecule has 1 atom stereocenters. The molecule has 0 bridgehead atoms. The number of halogens is 1. The minimum absolute atomic E-state index is 0. The molecule has 1 heterocycles. The Labute approximate surface area is 147 Å². The van der Waals surface area contributed by atoms with Crippen molar-refractivity contribution in [2.45, 2.75) is 46.0 Å². The van der Waals surface area contributed by atoms with E-state index in [9.17, 15) is 4.79 Å². The van der Waals surface area contributed by atoms with Crippen molar-refractivity contribution < 1.29 is 4.79 Å². The van der Waals surface area contributed by atoms with E-state index in [1.807, 2.05) is 11.9 Å². The molecule has 1 aliphatic rings. The lowest BCUT2D eigenvalue weighted by molar-refractivity contribution is -0.119. The fourth-order valence-corrected chi connectivity index (χ4v) is 3.22. The average Bonchev–Trinajstić information content (AvgIpc) is 2.55.